The van der Waals surface area contributed by atoms with Crippen molar-refractivity contribution in [2.75, 3.05) is 33.7 Å². The molecule has 0 aliphatic heterocycles. The van der Waals surface area contributed by atoms with E-state index in [-0.39, 0.29) is 17.3 Å². The number of nitrogens with one attached hydrogen (secondary N) is 1. The van der Waals surface area contributed by atoms with E-state index < -0.39 is 10.0 Å². The van der Waals surface area contributed by atoms with Gasteiger partial charge in [-0.2, -0.15) is 4.31 Å². The summed E-state index contributed by atoms with van der Waals surface area (Å²) < 4.78 is 27.0. The van der Waals surface area contributed by atoms with Crippen LogP contribution in [0, 0.1) is 0 Å². The van der Waals surface area contributed by atoms with Crippen molar-refractivity contribution in [2.45, 2.75) is 18.4 Å². The molecule has 146 valence electrons. The third-order valence-electron chi connectivity index (χ3n) is 4.15. The topological polar surface area (TPSA) is 69.7 Å². The van der Waals surface area contributed by atoms with Crippen LogP contribution in [0.3, 0.4) is 0 Å². The third-order valence-corrected chi connectivity index (χ3v) is 6.09. The van der Waals surface area contributed by atoms with Gasteiger partial charge >= 0.3 is 0 Å². The lowest BCUT2D eigenvalue weighted by atomic mass is 10.1. The van der Waals surface area contributed by atoms with Crippen molar-refractivity contribution in [2.24, 2.45) is 0 Å². The van der Waals surface area contributed by atoms with Crippen molar-refractivity contribution < 1.29 is 13.2 Å². The van der Waals surface area contributed by atoms with E-state index in [9.17, 15) is 13.2 Å². The van der Waals surface area contributed by atoms with Crippen molar-refractivity contribution >= 4 is 15.9 Å². The Morgan fingerprint density at radius 3 is 2.19 bits per heavy atom. The van der Waals surface area contributed by atoms with Crippen LogP contribution in [0.2, 0.25) is 0 Å². The molecule has 0 saturated carbocycles. The first-order valence-electron chi connectivity index (χ1n) is 8.91. The first-order chi connectivity index (χ1) is 12.8. The van der Waals surface area contributed by atoms with Crippen LogP contribution in [0.15, 0.2) is 59.5 Å². The van der Waals surface area contributed by atoms with Gasteiger partial charge in [-0.1, -0.05) is 37.3 Å². The molecule has 0 unspecified atom stereocenters. The van der Waals surface area contributed by atoms with E-state index in [1.165, 1.54) is 4.31 Å². The number of nitrogens with zero attached hydrogens (tertiary/aromatic N) is 2. The van der Waals surface area contributed by atoms with Gasteiger partial charge in [-0.15, -0.1) is 0 Å². The van der Waals surface area contributed by atoms with Crippen LogP contribution in [-0.2, 0) is 16.6 Å². The molecular formula is C20H27N3O3S. The lowest BCUT2D eigenvalue weighted by Gasteiger charge is -2.20. The molecule has 0 bridgehead atoms. The zero-order valence-electron chi connectivity index (χ0n) is 16.1. The predicted octanol–water partition coefficient (Wildman–Crippen LogP) is 2.19. The summed E-state index contributed by atoms with van der Waals surface area (Å²) in [5, 5.41) is 2.86. The fourth-order valence-electron chi connectivity index (χ4n) is 2.57. The lowest BCUT2D eigenvalue weighted by Crippen LogP contribution is -2.31. The molecule has 2 aromatic carbocycles. The number of likely N-dealkylation sites (N-methyl/N-ethyl adjacent to an activating group) is 1. The highest BCUT2D eigenvalue weighted by Gasteiger charge is 2.22. The number of rotatable bonds is 9. The molecule has 0 saturated heterocycles. The Morgan fingerprint density at radius 1 is 1.00 bits per heavy atom. The maximum absolute atomic E-state index is 12.8. The van der Waals surface area contributed by atoms with Crippen LogP contribution in [0.25, 0.3) is 0 Å². The Balaban J connectivity index is 2.05. The number of hydrogen-bond donors (Lipinski definition) is 1. The Labute approximate surface area is 161 Å². The molecule has 0 atom stereocenters. The summed E-state index contributed by atoms with van der Waals surface area (Å²) in [7, 11) is 0.350. The number of amides is 1. The second-order valence-electron chi connectivity index (χ2n) is 6.50. The molecule has 0 aliphatic rings. The number of hydrogen-bond acceptors (Lipinski definition) is 4. The van der Waals surface area contributed by atoms with Gasteiger partial charge in [-0.05, 0) is 43.9 Å². The van der Waals surface area contributed by atoms with Gasteiger partial charge in [0.15, 0.2) is 0 Å². The molecule has 1 amide bonds. The summed E-state index contributed by atoms with van der Waals surface area (Å²) in [5.41, 5.74) is 1.40. The minimum absolute atomic E-state index is 0.132. The van der Waals surface area contributed by atoms with Gasteiger partial charge in [0.1, 0.15) is 0 Å². The Morgan fingerprint density at radius 2 is 1.63 bits per heavy atom. The molecule has 2 rings (SSSR count). The summed E-state index contributed by atoms with van der Waals surface area (Å²) in [6.45, 7) is 3.78. The third kappa shape index (κ3) is 5.89. The second kappa shape index (κ2) is 9.64. The number of carbonyl (C=O) groups is 1. The zero-order chi connectivity index (χ0) is 19.9. The highest BCUT2D eigenvalue weighted by molar-refractivity contribution is 7.89. The van der Waals surface area contributed by atoms with Crippen molar-refractivity contribution in [3.8, 4) is 0 Å². The molecule has 0 aromatic heterocycles. The molecular weight excluding hydrogens is 362 g/mol. The van der Waals surface area contributed by atoms with E-state index in [2.05, 4.69) is 5.32 Å². The van der Waals surface area contributed by atoms with E-state index in [0.29, 0.717) is 18.7 Å². The summed E-state index contributed by atoms with van der Waals surface area (Å²) in [6, 6.07) is 15.4. The summed E-state index contributed by atoms with van der Waals surface area (Å²) in [4.78, 5) is 14.4. The Hall–Kier alpha value is -2.22. The van der Waals surface area contributed by atoms with Gasteiger partial charge in [-0.25, -0.2) is 8.42 Å². The molecule has 6 nitrogen and oxygen atoms in total. The van der Waals surface area contributed by atoms with Gasteiger partial charge in [-0.3, -0.25) is 4.79 Å². The molecule has 2 aromatic rings. The van der Waals surface area contributed by atoms with Crippen LogP contribution >= 0.6 is 0 Å². The molecule has 27 heavy (non-hydrogen) atoms. The first-order valence-corrected chi connectivity index (χ1v) is 10.4. The summed E-state index contributed by atoms with van der Waals surface area (Å²) in [5.74, 6) is -0.132. The first kappa shape index (κ1) is 21.1. The number of carbonyl (C=O) groups excluding carboxylic acids is 1. The highest BCUT2D eigenvalue weighted by Crippen LogP contribution is 2.18. The maximum Gasteiger partial charge on any atom is 0.251 e. The van der Waals surface area contributed by atoms with Crippen LogP contribution in [0.1, 0.15) is 22.8 Å². The predicted molar refractivity (Wildman–Crippen MR) is 107 cm³/mol. The zero-order valence-corrected chi connectivity index (χ0v) is 16.9. The van der Waals surface area contributed by atoms with Gasteiger partial charge < -0.3 is 10.2 Å². The van der Waals surface area contributed by atoms with Crippen LogP contribution < -0.4 is 5.32 Å². The Kier molecular flexibility index (Phi) is 7.53. The van der Waals surface area contributed by atoms with Crippen molar-refractivity contribution in [1.82, 2.24) is 14.5 Å². The van der Waals surface area contributed by atoms with Crippen molar-refractivity contribution in [1.29, 1.82) is 0 Å². The molecule has 0 radical (unpaired) electrons. The quantitative estimate of drug-likeness (QED) is 0.714. The maximum atomic E-state index is 12.8. The summed E-state index contributed by atoms with van der Waals surface area (Å²) >= 11 is 0. The van der Waals surface area contributed by atoms with Crippen LogP contribution in [0.5, 0.6) is 0 Å². The number of benzene rings is 2. The Bertz CT molecular complexity index is 835. The van der Waals surface area contributed by atoms with Crippen LogP contribution in [-0.4, -0.2) is 57.3 Å². The molecule has 0 aliphatic carbocycles. The lowest BCUT2D eigenvalue weighted by molar-refractivity contribution is 0.0951. The summed E-state index contributed by atoms with van der Waals surface area (Å²) in [6.07, 6.45) is 0. The molecule has 0 heterocycles. The van der Waals surface area contributed by atoms with E-state index in [1.54, 1.807) is 54.6 Å². The SMILES string of the molecule is CCN(Cc1ccc(C(=O)NCCN(C)C)cc1)S(=O)(=O)c1ccccc1. The van der Waals surface area contributed by atoms with Gasteiger partial charge in [0.2, 0.25) is 10.0 Å². The fourth-order valence-corrected chi connectivity index (χ4v) is 4.03. The van der Waals surface area contributed by atoms with Crippen molar-refractivity contribution in [3.63, 3.8) is 0 Å². The van der Waals surface area contributed by atoms with Gasteiger partial charge in [0.05, 0.1) is 4.90 Å². The minimum atomic E-state index is -3.55. The molecule has 0 fully saturated rings. The van der Waals surface area contributed by atoms with E-state index in [1.807, 2.05) is 25.9 Å². The molecule has 7 heteroatoms. The number of sulfonamides is 1. The van der Waals surface area contributed by atoms with Gasteiger partial charge in [0, 0.05) is 31.7 Å². The molecule has 1 N–H and O–H groups in total. The average molecular weight is 390 g/mol. The van der Waals surface area contributed by atoms with Crippen molar-refractivity contribution in [3.05, 3.63) is 65.7 Å². The van der Waals surface area contributed by atoms with E-state index in [4.69, 9.17) is 0 Å². The van der Waals surface area contributed by atoms with Crippen LogP contribution in [0.4, 0.5) is 0 Å². The minimum Gasteiger partial charge on any atom is -0.351 e. The van der Waals surface area contributed by atoms with Gasteiger partial charge in [0.25, 0.3) is 5.91 Å². The average Bonchev–Trinajstić information content (AvgIpc) is 2.66. The van der Waals surface area contributed by atoms with E-state index in [0.717, 1.165) is 12.1 Å². The normalized spacial score (nSPS) is 11.7. The standard InChI is InChI=1S/C20H27N3O3S/c1-4-23(27(25,26)19-8-6-5-7-9-19)16-17-10-12-18(13-11-17)20(24)21-14-15-22(2)3/h5-13H,4,14-16H2,1-3H3,(H,21,24). The monoisotopic (exact) mass is 389 g/mol. The second-order valence-corrected chi connectivity index (χ2v) is 8.44. The highest BCUT2D eigenvalue weighted by atomic mass is 32.2. The molecule has 0 spiro atoms. The fraction of sp³-hybridized carbons (Fsp3) is 0.350. The smallest absolute Gasteiger partial charge is 0.251 e. The largest absolute Gasteiger partial charge is 0.351 e. The van der Waals surface area contributed by atoms with E-state index >= 15 is 0 Å².